The minimum absolute atomic E-state index is 0.0690. The van der Waals surface area contributed by atoms with Crippen LogP contribution in [-0.4, -0.2) is 50.1 Å². The van der Waals surface area contributed by atoms with Crippen molar-refractivity contribution in [2.45, 2.75) is 18.9 Å². The summed E-state index contributed by atoms with van der Waals surface area (Å²) in [7, 11) is 0. The van der Waals surface area contributed by atoms with Crippen molar-refractivity contribution in [2.75, 3.05) is 6.61 Å². The van der Waals surface area contributed by atoms with E-state index in [4.69, 9.17) is 11.6 Å². The molecule has 0 aliphatic heterocycles. The molecule has 1 heterocycles. The van der Waals surface area contributed by atoms with Gasteiger partial charge in [-0.3, -0.25) is 14.7 Å². The third-order valence-electron chi connectivity index (χ3n) is 5.66. The number of amides is 1. The zero-order valence-electron chi connectivity index (χ0n) is 18.1. The van der Waals surface area contributed by atoms with Crippen LogP contribution < -0.4 is 5.32 Å². The van der Waals surface area contributed by atoms with Crippen molar-refractivity contribution >= 4 is 34.5 Å². The number of nitrogens with zero attached hydrogens (tertiary/aromatic N) is 2. The van der Waals surface area contributed by atoms with E-state index in [-0.39, 0.29) is 11.4 Å². The zero-order valence-corrected chi connectivity index (χ0v) is 18.9. The molecule has 2 atom stereocenters. The van der Waals surface area contributed by atoms with Crippen molar-refractivity contribution in [1.29, 1.82) is 0 Å². The molecule has 34 heavy (non-hydrogen) atoms. The molecule has 8 nitrogen and oxygen atoms in total. The molecule has 4 N–H and O–H groups in total. The number of nitrogens with one attached hydrogen (secondary N) is 2. The average Bonchev–Trinajstić information content (AvgIpc) is 3.32. The van der Waals surface area contributed by atoms with Gasteiger partial charge in [0.1, 0.15) is 5.52 Å². The van der Waals surface area contributed by atoms with Crippen molar-refractivity contribution in [3.05, 3.63) is 82.9 Å². The number of hydrogen-bond acceptors (Lipinski definition) is 5. The molecular weight excluding hydrogens is 456 g/mol. The van der Waals surface area contributed by atoms with E-state index in [2.05, 4.69) is 20.7 Å². The Kier molecular flexibility index (Phi) is 7.20. The fourth-order valence-electron chi connectivity index (χ4n) is 3.85. The number of aromatic amines is 1. The van der Waals surface area contributed by atoms with Crippen LogP contribution in [0.15, 0.2) is 66.7 Å². The van der Waals surface area contributed by atoms with Gasteiger partial charge in [0, 0.05) is 11.6 Å². The van der Waals surface area contributed by atoms with E-state index >= 15 is 0 Å². The molecule has 1 amide bonds. The quantitative estimate of drug-likeness (QED) is 0.290. The maximum Gasteiger partial charge on any atom is 0.308 e. The van der Waals surface area contributed by atoms with Crippen LogP contribution in [0, 0.1) is 5.92 Å². The summed E-state index contributed by atoms with van der Waals surface area (Å²) in [5.74, 6) is -2.53. The fourth-order valence-corrected chi connectivity index (χ4v) is 4.11. The monoisotopic (exact) mass is 478 g/mol. The molecule has 0 spiro atoms. The SMILES string of the molecule is O=C(N[C@@H](Cc1ccc(-c2ccccc2)cc1)CC(CO)C(=O)O)c1cc(Cl)c2nn[nH]c2c1. The predicted molar refractivity (Wildman–Crippen MR) is 129 cm³/mol. The maximum absolute atomic E-state index is 13.0. The number of aliphatic hydroxyl groups is 1. The van der Waals surface area contributed by atoms with Crippen molar-refractivity contribution in [1.82, 2.24) is 20.7 Å². The zero-order chi connectivity index (χ0) is 24.1. The average molecular weight is 479 g/mol. The van der Waals surface area contributed by atoms with E-state index in [1.165, 1.54) is 6.07 Å². The molecule has 1 unspecified atom stereocenters. The first-order valence-electron chi connectivity index (χ1n) is 10.7. The second-order valence-electron chi connectivity index (χ2n) is 8.06. The van der Waals surface area contributed by atoms with Crippen molar-refractivity contribution in [3.63, 3.8) is 0 Å². The van der Waals surface area contributed by atoms with Gasteiger partial charge < -0.3 is 15.5 Å². The van der Waals surface area contributed by atoms with Gasteiger partial charge >= 0.3 is 5.97 Å². The van der Waals surface area contributed by atoms with E-state index in [9.17, 15) is 19.8 Å². The minimum atomic E-state index is -1.12. The van der Waals surface area contributed by atoms with Crippen molar-refractivity contribution in [3.8, 4) is 11.1 Å². The van der Waals surface area contributed by atoms with E-state index in [0.29, 0.717) is 23.0 Å². The third-order valence-corrected chi connectivity index (χ3v) is 5.95. The lowest BCUT2D eigenvalue weighted by Gasteiger charge is -2.22. The van der Waals surface area contributed by atoms with Crippen LogP contribution in [0.25, 0.3) is 22.2 Å². The number of aliphatic carboxylic acids is 1. The molecule has 0 aliphatic carbocycles. The number of aliphatic hydroxyl groups excluding tert-OH is 1. The number of H-pyrrole nitrogens is 1. The second kappa shape index (κ2) is 10.5. The van der Waals surface area contributed by atoms with Gasteiger partial charge in [-0.05, 0) is 41.7 Å². The summed E-state index contributed by atoms with van der Waals surface area (Å²) in [4.78, 5) is 24.5. The number of rotatable bonds is 9. The Morgan fingerprint density at radius 2 is 1.74 bits per heavy atom. The molecule has 1 aromatic heterocycles. The predicted octanol–water partition coefficient (Wildman–Crippen LogP) is 3.70. The topological polar surface area (TPSA) is 128 Å². The number of carbonyl (C=O) groups is 2. The smallest absolute Gasteiger partial charge is 0.308 e. The summed E-state index contributed by atoms with van der Waals surface area (Å²) >= 11 is 6.21. The number of aromatic nitrogens is 3. The third kappa shape index (κ3) is 5.41. The molecule has 9 heteroatoms. The van der Waals surface area contributed by atoms with Gasteiger partial charge in [-0.15, -0.1) is 5.10 Å². The Hall–Kier alpha value is -3.75. The molecule has 174 valence electrons. The maximum atomic E-state index is 13.0. The van der Waals surface area contributed by atoms with Crippen molar-refractivity contribution in [2.24, 2.45) is 5.92 Å². The highest BCUT2D eigenvalue weighted by molar-refractivity contribution is 6.35. The van der Waals surface area contributed by atoms with Gasteiger partial charge in [0.2, 0.25) is 0 Å². The molecule has 0 bridgehead atoms. The molecule has 0 aliphatic rings. The summed E-state index contributed by atoms with van der Waals surface area (Å²) in [6.07, 6.45) is 0.464. The molecule has 3 aromatic carbocycles. The first kappa shape index (κ1) is 23.4. The molecule has 0 fully saturated rings. The lowest BCUT2D eigenvalue weighted by Crippen LogP contribution is -2.39. The van der Waals surface area contributed by atoms with Gasteiger partial charge in [-0.25, -0.2) is 0 Å². The lowest BCUT2D eigenvalue weighted by atomic mass is 9.94. The molecular formula is C25H23ClN4O4. The largest absolute Gasteiger partial charge is 0.481 e. The molecule has 4 rings (SSSR count). The summed E-state index contributed by atoms with van der Waals surface area (Å²) < 4.78 is 0. The molecule has 4 aromatic rings. The van der Waals surface area contributed by atoms with Crippen LogP contribution in [0.3, 0.4) is 0 Å². The highest BCUT2D eigenvalue weighted by atomic mass is 35.5. The lowest BCUT2D eigenvalue weighted by molar-refractivity contribution is -0.143. The molecule has 0 saturated heterocycles. The summed E-state index contributed by atoms with van der Waals surface area (Å²) in [5, 5.41) is 32.4. The highest BCUT2D eigenvalue weighted by Crippen LogP contribution is 2.23. The normalized spacial score (nSPS) is 12.9. The van der Waals surface area contributed by atoms with E-state index in [0.717, 1.165) is 16.7 Å². The Morgan fingerprint density at radius 3 is 2.41 bits per heavy atom. The number of hydrogen-bond donors (Lipinski definition) is 4. The van der Waals surface area contributed by atoms with E-state index < -0.39 is 30.4 Å². The first-order chi connectivity index (χ1) is 16.4. The second-order valence-corrected chi connectivity index (χ2v) is 8.46. The van der Waals surface area contributed by atoms with Crippen LogP contribution in [-0.2, 0) is 11.2 Å². The number of benzene rings is 3. The molecule has 0 radical (unpaired) electrons. The first-order valence-corrected chi connectivity index (χ1v) is 11.1. The van der Waals surface area contributed by atoms with Gasteiger partial charge in [0.15, 0.2) is 0 Å². The fraction of sp³-hybridized carbons (Fsp3) is 0.200. The summed E-state index contributed by atoms with van der Waals surface area (Å²) in [5.41, 5.74) is 4.34. The highest BCUT2D eigenvalue weighted by Gasteiger charge is 2.24. The van der Waals surface area contributed by atoms with Gasteiger partial charge in [-0.1, -0.05) is 71.4 Å². The summed E-state index contributed by atoms with van der Waals surface area (Å²) in [6, 6.07) is 20.4. The number of fused-ring (bicyclic) bond motifs is 1. The number of carboxylic acids is 1. The van der Waals surface area contributed by atoms with Crippen LogP contribution >= 0.6 is 11.6 Å². The Morgan fingerprint density at radius 1 is 1.03 bits per heavy atom. The van der Waals surface area contributed by atoms with Crippen LogP contribution in [0.2, 0.25) is 5.02 Å². The van der Waals surface area contributed by atoms with Gasteiger partial charge in [0.25, 0.3) is 5.91 Å². The van der Waals surface area contributed by atoms with Crippen LogP contribution in [0.5, 0.6) is 0 Å². The van der Waals surface area contributed by atoms with Gasteiger partial charge in [-0.2, -0.15) is 0 Å². The number of carboxylic acid groups (broad SMARTS) is 1. The van der Waals surface area contributed by atoms with E-state index in [1.807, 2.05) is 54.6 Å². The van der Waals surface area contributed by atoms with Gasteiger partial charge in [0.05, 0.1) is 23.1 Å². The number of halogens is 1. The van der Waals surface area contributed by atoms with Crippen LogP contribution in [0.4, 0.5) is 0 Å². The van der Waals surface area contributed by atoms with Crippen LogP contribution in [0.1, 0.15) is 22.3 Å². The summed E-state index contributed by atoms with van der Waals surface area (Å²) in [6.45, 7) is -0.522. The standard InChI is InChI=1S/C25H23ClN4O4/c26-21-12-18(13-22-23(21)29-30-28-22)24(32)27-20(11-19(14-31)25(33)34)10-15-6-8-17(9-7-15)16-4-2-1-3-5-16/h1-9,12-13,19-20,31H,10-11,14H2,(H,27,32)(H,33,34)(H,28,29,30)/t19?,20-/m0/s1. The Bertz CT molecular complexity index is 1290. The molecule has 0 saturated carbocycles. The number of carbonyl (C=O) groups excluding carboxylic acids is 1. The minimum Gasteiger partial charge on any atom is -0.481 e. The van der Waals surface area contributed by atoms with E-state index in [1.54, 1.807) is 6.07 Å². The Balaban J connectivity index is 1.54. The van der Waals surface area contributed by atoms with Crippen molar-refractivity contribution < 1.29 is 19.8 Å². The Labute approximate surface area is 200 Å².